The quantitative estimate of drug-likeness (QED) is 0.463. The average molecular weight is 380 g/mol. The van der Waals surface area contributed by atoms with Crippen molar-refractivity contribution >= 4 is 27.8 Å². The van der Waals surface area contributed by atoms with Gasteiger partial charge < -0.3 is 15.3 Å². The standard InChI is InChI=1S/C20H17FN4O3/c21-13-7-6-12-10-14(19(27)23-16(12)11-13)18(26)22-8-3-9-25-17-5-2-1-4-15(17)24-20(25)28/h1-2,4-7,10-11H,3,8-9H2,(H,22,26)(H,23,27)(H,24,28). The second kappa shape index (κ2) is 7.15. The van der Waals surface area contributed by atoms with E-state index in [1.807, 2.05) is 24.3 Å². The lowest BCUT2D eigenvalue weighted by Crippen LogP contribution is -2.31. The van der Waals surface area contributed by atoms with Gasteiger partial charge in [-0.05, 0) is 48.2 Å². The molecule has 142 valence electrons. The lowest BCUT2D eigenvalue weighted by molar-refractivity contribution is 0.0951. The second-order valence-electron chi connectivity index (χ2n) is 6.45. The minimum absolute atomic E-state index is 0.0385. The van der Waals surface area contributed by atoms with E-state index in [-0.39, 0.29) is 11.3 Å². The fourth-order valence-electron chi connectivity index (χ4n) is 3.21. The molecule has 0 fully saturated rings. The van der Waals surface area contributed by atoms with Crippen LogP contribution in [-0.4, -0.2) is 27.0 Å². The third-order valence-electron chi connectivity index (χ3n) is 4.58. The maximum Gasteiger partial charge on any atom is 0.326 e. The van der Waals surface area contributed by atoms with E-state index < -0.39 is 17.3 Å². The van der Waals surface area contributed by atoms with Crippen LogP contribution in [0, 0.1) is 5.82 Å². The Morgan fingerprint density at radius 1 is 1.04 bits per heavy atom. The number of carbonyl (C=O) groups excluding carboxylic acids is 1. The number of aromatic amines is 2. The summed E-state index contributed by atoms with van der Waals surface area (Å²) in [7, 11) is 0. The van der Waals surface area contributed by atoms with Gasteiger partial charge in [-0.3, -0.25) is 14.2 Å². The molecule has 0 bridgehead atoms. The first-order chi connectivity index (χ1) is 13.5. The molecule has 2 aromatic carbocycles. The number of nitrogens with zero attached hydrogens (tertiary/aromatic N) is 1. The van der Waals surface area contributed by atoms with E-state index in [1.54, 1.807) is 4.57 Å². The monoisotopic (exact) mass is 380 g/mol. The highest BCUT2D eigenvalue weighted by Crippen LogP contribution is 2.13. The van der Waals surface area contributed by atoms with Gasteiger partial charge in [-0.2, -0.15) is 0 Å². The van der Waals surface area contributed by atoms with E-state index in [0.29, 0.717) is 30.4 Å². The zero-order valence-corrected chi connectivity index (χ0v) is 14.8. The SMILES string of the molecule is O=C(NCCCn1c(=O)[nH]c2ccccc21)c1cc2ccc(F)cc2[nH]c1=O. The maximum atomic E-state index is 13.2. The van der Waals surface area contributed by atoms with Crippen LogP contribution in [0.5, 0.6) is 0 Å². The molecule has 1 amide bonds. The van der Waals surface area contributed by atoms with Crippen LogP contribution in [0.25, 0.3) is 21.9 Å². The van der Waals surface area contributed by atoms with Gasteiger partial charge in [0.1, 0.15) is 11.4 Å². The van der Waals surface area contributed by atoms with E-state index >= 15 is 0 Å². The Hall–Kier alpha value is -3.68. The molecule has 0 saturated heterocycles. The number of benzene rings is 2. The first-order valence-electron chi connectivity index (χ1n) is 8.81. The number of halogens is 1. The highest BCUT2D eigenvalue weighted by molar-refractivity contribution is 5.97. The largest absolute Gasteiger partial charge is 0.352 e. The normalized spacial score (nSPS) is 11.2. The smallest absolute Gasteiger partial charge is 0.326 e. The molecule has 4 aromatic rings. The molecule has 0 unspecified atom stereocenters. The number of nitrogens with one attached hydrogen (secondary N) is 3. The van der Waals surface area contributed by atoms with E-state index in [2.05, 4.69) is 15.3 Å². The van der Waals surface area contributed by atoms with Crippen LogP contribution in [0.15, 0.2) is 58.1 Å². The fraction of sp³-hybridized carbons (Fsp3) is 0.150. The van der Waals surface area contributed by atoms with Crippen LogP contribution in [0.2, 0.25) is 0 Å². The number of rotatable bonds is 5. The van der Waals surface area contributed by atoms with Crippen molar-refractivity contribution < 1.29 is 9.18 Å². The highest BCUT2D eigenvalue weighted by Gasteiger charge is 2.12. The summed E-state index contributed by atoms with van der Waals surface area (Å²) in [5, 5.41) is 3.25. The Labute approximate surface area is 157 Å². The molecular formula is C20H17FN4O3. The first-order valence-corrected chi connectivity index (χ1v) is 8.81. The second-order valence-corrected chi connectivity index (χ2v) is 6.45. The average Bonchev–Trinajstić information content (AvgIpc) is 2.99. The number of H-pyrrole nitrogens is 2. The van der Waals surface area contributed by atoms with Gasteiger partial charge in [0.05, 0.1) is 16.6 Å². The first kappa shape index (κ1) is 17.7. The van der Waals surface area contributed by atoms with E-state index in [4.69, 9.17) is 0 Å². The Morgan fingerprint density at radius 2 is 1.86 bits per heavy atom. The van der Waals surface area contributed by atoms with Crippen molar-refractivity contribution in [1.82, 2.24) is 19.9 Å². The minimum Gasteiger partial charge on any atom is -0.352 e. The summed E-state index contributed by atoms with van der Waals surface area (Å²) in [6, 6.07) is 12.8. The van der Waals surface area contributed by atoms with E-state index in [0.717, 1.165) is 11.0 Å². The molecule has 3 N–H and O–H groups in total. The number of carbonyl (C=O) groups is 1. The molecule has 8 heteroatoms. The van der Waals surface area contributed by atoms with Gasteiger partial charge >= 0.3 is 5.69 Å². The van der Waals surface area contributed by atoms with Gasteiger partial charge in [0.2, 0.25) is 0 Å². The molecule has 0 saturated carbocycles. The number of aromatic nitrogens is 3. The van der Waals surface area contributed by atoms with Gasteiger partial charge in [0, 0.05) is 13.1 Å². The summed E-state index contributed by atoms with van der Waals surface area (Å²) in [4.78, 5) is 41.8. The Bertz CT molecular complexity index is 1300. The number of fused-ring (bicyclic) bond motifs is 2. The van der Waals surface area contributed by atoms with E-state index in [9.17, 15) is 18.8 Å². The number of hydrogen-bond donors (Lipinski definition) is 3. The van der Waals surface area contributed by atoms with Crippen molar-refractivity contribution in [3.8, 4) is 0 Å². The molecule has 0 aliphatic rings. The maximum absolute atomic E-state index is 13.2. The molecule has 2 heterocycles. The number of aryl methyl sites for hydroxylation is 1. The van der Waals surface area contributed by atoms with Crippen molar-refractivity contribution in [2.24, 2.45) is 0 Å². The highest BCUT2D eigenvalue weighted by atomic mass is 19.1. The molecular weight excluding hydrogens is 363 g/mol. The number of hydrogen-bond acceptors (Lipinski definition) is 3. The zero-order chi connectivity index (χ0) is 19.7. The third-order valence-corrected chi connectivity index (χ3v) is 4.58. The van der Waals surface area contributed by atoms with Crippen molar-refractivity contribution in [3.05, 3.63) is 80.7 Å². The molecule has 7 nitrogen and oxygen atoms in total. The lowest BCUT2D eigenvalue weighted by atomic mass is 10.1. The Balaban J connectivity index is 1.43. The lowest BCUT2D eigenvalue weighted by Gasteiger charge is -2.07. The summed E-state index contributed by atoms with van der Waals surface area (Å²) in [6.45, 7) is 0.724. The Morgan fingerprint density at radius 3 is 2.71 bits per heavy atom. The molecule has 0 spiro atoms. The van der Waals surface area contributed by atoms with Gasteiger partial charge in [-0.15, -0.1) is 0 Å². The van der Waals surface area contributed by atoms with Crippen LogP contribution in [0.3, 0.4) is 0 Å². The van der Waals surface area contributed by atoms with Crippen molar-refractivity contribution in [1.29, 1.82) is 0 Å². The zero-order valence-electron chi connectivity index (χ0n) is 14.8. The van der Waals surface area contributed by atoms with Gasteiger partial charge in [0.15, 0.2) is 0 Å². The van der Waals surface area contributed by atoms with Gasteiger partial charge in [-0.1, -0.05) is 12.1 Å². The molecule has 0 radical (unpaired) electrons. The number of imidazole rings is 1. The number of para-hydroxylation sites is 2. The molecule has 0 aliphatic carbocycles. The van der Waals surface area contributed by atoms with Crippen LogP contribution in [0.1, 0.15) is 16.8 Å². The van der Waals surface area contributed by atoms with Crippen molar-refractivity contribution in [2.45, 2.75) is 13.0 Å². The molecule has 0 atom stereocenters. The molecule has 2 aromatic heterocycles. The van der Waals surface area contributed by atoms with Crippen LogP contribution < -0.4 is 16.6 Å². The van der Waals surface area contributed by atoms with E-state index in [1.165, 1.54) is 24.3 Å². The van der Waals surface area contributed by atoms with Crippen molar-refractivity contribution in [2.75, 3.05) is 6.54 Å². The topological polar surface area (TPSA) is 99.8 Å². The third kappa shape index (κ3) is 3.32. The van der Waals surface area contributed by atoms with Crippen LogP contribution in [0.4, 0.5) is 4.39 Å². The predicted octanol–water partition coefficient (Wildman–Crippen LogP) is 2.13. The Kier molecular flexibility index (Phi) is 4.52. The minimum atomic E-state index is -0.580. The van der Waals surface area contributed by atoms with Crippen LogP contribution in [-0.2, 0) is 6.54 Å². The summed E-state index contributed by atoms with van der Waals surface area (Å²) in [6.07, 6.45) is 0.518. The number of pyridine rings is 1. The molecule has 28 heavy (non-hydrogen) atoms. The summed E-state index contributed by atoms with van der Waals surface area (Å²) >= 11 is 0. The van der Waals surface area contributed by atoms with Crippen molar-refractivity contribution in [3.63, 3.8) is 0 Å². The van der Waals surface area contributed by atoms with Crippen LogP contribution >= 0.6 is 0 Å². The molecule has 0 aliphatic heterocycles. The fourth-order valence-corrected chi connectivity index (χ4v) is 3.21. The number of amides is 1. The molecule has 4 rings (SSSR count). The summed E-state index contributed by atoms with van der Waals surface area (Å²) < 4.78 is 14.9. The summed E-state index contributed by atoms with van der Waals surface area (Å²) in [5.41, 5.74) is 1.07. The summed E-state index contributed by atoms with van der Waals surface area (Å²) in [5.74, 6) is -0.980. The predicted molar refractivity (Wildman–Crippen MR) is 104 cm³/mol. The van der Waals surface area contributed by atoms with Gasteiger partial charge in [0.25, 0.3) is 11.5 Å². The van der Waals surface area contributed by atoms with Gasteiger partial charge in [-0.25, -0.2) is 9.18 Å².